The molecule has 0 aromatic carbocycles. The summed E-state index contributed by atoms with van der Waals surface area (Å²) < 4.78 is 0. The van der Waals surface area contributed by atoms with Crippen molar-refractivity contribution in [2.45, 2.75) is 25.4 Å². The van der Waals surface area contributed by atoms with Gasteiger partial charge in [-0.15, -0.1) is 0 Å². The van der Waals surface area contributed by atoms with Crippen LogP contribution >= 0.6 is 0 Å². The Labute approximate surface area is 106 Å². The van der Waals surface area contributed by atoms with Crippen LogP contribution in [0.1, 0.15) is 18.7 Å². The summed E-state index contributed by atoms with van der Waals surface area (Å²) in [5.41, 5.74) is 11.2. The lowest BCUT2D eigenvalue weighted by Crippen LogP contribution is -2.44. The van der Waals surface area contributed by atoms with Crippen molar-refractivity contribution in [3.05, 3.63) is 5.82 Å². The normalized spacial score (nSPS) is 28.2. The SMILES string of the molecule is Nc1nc(N)nc(CN2CCCC3CNCC32)n1. The van der Waals surface area contributed by atoms with Gasteiger partial charge in [0.05, 0.1) is 6.54 Å². The number of piperidine rings is 1. The predicted molar refractivity (Wildman–Crippen MR) is 68.4 cm³/mol. The zero-order valence-electron chi connectivity index (χ0n) is 10.3. The molecule has 0 amide bonds. The molecule has 2 saturated heterocycles. The fraction of sp³-hybridized carbons (Fsp3) is 0.727. The number of anilines is 2. The van der Waals surface area contributed by atoms with Crippen LogP contribution in [-0.2, 0) is 6.54 Å². The lowest BCUT2D eigenvalue weighted by atomic mass is 9.92. The van der Waals surface area contributed by atoms with Gasteiger partial charge in [-0.3, -0.25) is 4.90 Å². The maximum atomic E-state index is 5.60. The summed E-state index contributed by atoms with van der Waals surface area (Å²) in [6.07, 6.45) is 2.55. The zero-order valence-corrected chi connectivity index (χ0v) is 10.3. The molecule has 0 aliphatic carbocycles. The van der Waals surface area contributed by atoms with Crippen LogP contribution < -0.4 is 16.8 Å². The van der Waals surface area contributed by atoms with Crippen molar-refractivity contribution in [1.82, 2.24) is 25.2 Å². The predicted octanol–water partition coefficient (Wildman–Crippen LogP) is -0.780. The molecule has 0 spiro atoms. The second-order valence-corrected chi connectivity index (χ2v) is 5.07. The lowest BCUT2D eigenvalue weighted by Gasteiger charge is -2.36. The zero-order chi connectivity index (χ0) is 12.5. The number of rotatable bonds is 2. The molecule has 0 bridgehead atoms. The van der Waals surface area contributed by atoms with Crippen molar-refractivity contribution in [2.24, 2.45) is 5.92 Å². The first-order valence-corrected chi connectivity index (χ1v) is 6.43. The van der Waals surface area contributed by atoms with Crippen molar-refractivity contribution >= 4 is 11.9 Å². The summed E-state index contributed by atoms with van der Waals surface area (Å²) in [5.74, 6) is 1.84. The van der Waals surface area contributed by atoms with Gasteiger partial charge in [0.2, 0.25) is 11.9 Å². The van der Waals surface area contributed by atoms with E-state index >= 15 is 0 Å². The summed E-state index contributed by atoms with van der Waals surface area (Å²) >= 11 is 0. The maximum absolute atomic E-state index is 5.60. The molecule has 0 saturated carbocycles. The number of nitrogens with one attached hydrogen (secondary N) is 1. The molecular weight excluding hydrogens is 230 g/mol. The maximum Gasteiger partial charge on any atom is 0.225 e. The number of nitrogens with two attached hydrogens (primary N) is 2. The van der Waals surface area contributed by atoms with Crippen LogP contribution in [0.15, 0.2) is 0 Å². The van der Waals surface area contributed by atoms with E-state index in [0.717, 1.165) is 25.6 Å². The van der Waals surface area contributed by atoms with Gasteiger partial charge in [-0.25, -0.2) is 0 Å². The third-order valence-corrected chi connectivity index (χ3v) is 3.85. The molecule has 2 unspecified atom stereocenters. The number of likely N-dealkylation sites (tertiary alicyclic amines) is 1. The highest BCUT2D eigenvalue weighted by molar-refractivity contribution is 5.25. The van der Waals surface area contributed by atoms with E-state index < -0.39 is 0 Å². The quantitative estimate of drug-likeness (QED) is 0.631. The fourth-order valence-corrected chi connectivity index (χ4v) is 3.07. The van der Waals surface area contributed by atoms with E-state index in [2.05, 4.69) is 25.2 Å². The van der Waals surface area contributed by atoms with Gasteiger partial charge in [0.1, 0.15) is 5.82 Å². The van der Waals surface area contributed by atoms with Crippen LogP contribution in [0.4, 0.5) is 11.9 Å². The third kappa shape index (κ3) is 2.23. The summed E-state index contributed by atoms with van der Waals surface area (Å²) in [4.78, 5) is 14.5. The van der Waals surface area contributed by atoms with Gasteiger partial charge in [0.25, 0.3) is 0 Å². The van der Waals surface area contributed by atoms with Crippen LogP contribution in [0.2, 0.25) is 0 Å². The Bertz CT molecular complexity index is 415. The summed E-state index contributed by atoms with van der Waals surface area (Å²) in [5, 5.41) is 3.46. The molecule has 1 aromatic heterocycles. The van der Waals surface area contributed by atoms with Gasteiger partial charge in [-0.1, -0.05) is 0 Å². The number of aromatic nitrogens is 3. The highest BCUT2D eigenvalue weighted by atomic mass is 15.2. The number of hydrogen-bond donors (Lipinski definition) is 3. The van der Waals surface area contributed by atoms with E-state index in [0.29, 0.717) is 18.4 Å². The van der Waals surface area contributed by atoms with E-state index in [1.165, 1.54) is 12.8 Å². The Morgan fingerprint density at radius 3 is 2.72 bits per heavy atom. The second kappa shape index (κ2) is 4.66. The van der Waals surface area contributed by atoms with E-state index in [4.69, 9.17) is 11.5 Å². The molecule has 1 aromatic rings. The smallest absolute Gasteiger partial charge is 0.225 e. The summed E-state index contributed by atoms with van der Waals surface area (Å²) in [6.45, 7) is 3.98. The molecule has 2 aliphatic heterocycles. The van der Waals surface area contributed by atoms with Crippen molar-refractivity contribution in [3.63, 3.8) is 0 Å². The third-order valence-electron chi connectivity index (χ3n) is 3.85. The molecule has 98 valence electrons. The minimum absolute atomic E-state index is 0.204. The molecule has 3 heterocycles. The Kier molecular flexibility index (Phi) is 3.00. The van der Waals surface area contributed by atoms with Gasteiger partial charge in [0, 0.05) is 12.6 Å². The first kappa shape index (κ1) is 11.6. The highest BCUT2D eigenvalue weighted by Gasteiger charge is 2.35. The monoisotopic (exact) mass is 249 g/mol. The van der Waals surface area contributed by atoms with Gasteiger partial charge < -0.3 is 16.8 Å². The summed E-state index contributed by atoms with van der Waals surface area (Å²) in [7, 11) is 0. The summed E-state index contributed by atoms with van der Waals surface area (Å²) in [6, 6.07) is 0.595. The topological polar surface area (TPSA) is 106 Å². The molecule has 2 atom stereocenters. The molecule has 0 radical (unpaired) electrons. The first-order chi connectivity index (χ1) is 8.72. The average Bonchev–Trinajstić information content (AvgIpc) is 2.76. The van der Waals surface area contributed by atoms with Crippen LogP contribution in [0.3, 0.4) is 0 Å². The standard InChI is InChI=1S/C11H19N7/c12-10-15-9(16-11(13)17-10)6-18-3-1-2-7-4-14-5-8(7)18/h7-8,14H,1-6H2,(H4,12,13,15,16,17). The van der Waals surface area contributed by atoms with Crippen LogP contribution in [-0.4, -0.2) is 45.5 Å². The van der Waals surface area contributed by atoms with E-state index in [1.807, 2.05) is 0 Å². The molecule has 18 heavy (non-hydrogen) atoms. The molecule has 3 rings (SSSR count). The van der Waals surface area contributed by atoms with Crippen molar-refractivity contribution in [1.29, 1.82) is 0 Å². The van der Waals surface area contributed by atoms with Crippen LogP contribution in [0, 0.1) is 5.92 Å². The van der Waals surface area contributed by atoms with Crippen LogP contribution in [0.25, 0.3) is 0 Å². The molecule has 5 N–H and O–H groups in total. The Morgan fingerprint density at radius 1 is 1.17 bits per heavy atom. The van der Waals surface area contributed by atoms with Crippen molar-refractivity contribution < 1.29 is 0 Å². The van der Waals surface area contributed by atoms with Crippen molar-refractivity contribution in [2.75, 3.05) is 31.1 Å². The number of nitrogen functional groups attached to an aromatic ring is 2. The Hall–Kier alpha value is -1.47. The molecule has 2 aliphatic rings. The minimum Gasteiger partial charge on any atom is -0.368 e. The molecule has 7 nitrogen and oxygen atoms in total. The van der Waals surface area contributed by atoms with E-state index in [9.17, 15) is 0 Å². The van der Waals surface area contributed by atoms with Crippen LogP contribution in [0.5, 0.6) is 0 Å². The molecule has 7 heteroatoms. The lowest BCUT2D eigenvalue weighted by molar-refractivity contribution is 0.114. The van der Waals surface area contributed by atoms with Gasteiger partial charge in [-0.2, -0.15) is 15.0 Å². The highest BCUT2D eigenvalue weighted by Crippen LogP contribution is 2.27. The van der Waals surface area contributed by atoms with Gasteiger partial charge in [0.15, 0.2) is 0 Å². The van der Waals surface area contributed by atoms with Crippen molar-refractivity contribution in [3.8, 4) is 0 Å². The Balaban J connectivity index is 1.74. The van der Waals surface area contributed by atoms with E-state index in [1.54, 1.807) is 0 Å². The number of fused-ring (bicyclic) bond motifs is 1. The van der Waals surface area contributed by atoms with Gasteiger partial charge >= 0.3 is 0 Å². The Morgan fingerprint density at radius 2 is 1.94 bits per heavy atom. The largest absolute Gasteiger partial charge is 0.368 e. The second-order valence-electron chi connectivity index (χ2n) is 5.07. The molecular formula is C11H19N7. The first-order valence-electron chi connectivity index (χ1n) is 6.43. The number of nitrogens with zero attached hydrogens (tertiary/aromatic N) is 4. The van der Waals surface area contributed by atoms with E-state index in [-0.39, 0.29) is 11.9 Å². The number of hydrogen-bond acceptors (Lipinski definition) is 7. The molecule has 2 fully saturated rings. The minimum atomic E-state index is 0.204. The average molecular weight is 249 g/mol. The van der Waals surface area contributed by atoms with Gasteiger partial charge in [-0.05, 0) is 31.8 Å². The fourth-order valence-electron chi connectivity index (χ4n) is 3.07.